The minimum atomic E-state index is -0.132. The lowest BCUT2D eigenvalue weighted by Gasteiger charge is -2.16. The van der Waals surface area contributed by atoms with Gasteiger partial charge in [-0.25, -0.2) is 5.43 Å². The number of nitrogens with one attached hydrogen (secondary N) is 1. The van der Waals surface area contributed by atoms with E-state index >= 15 is 0 Å². The zero-order chi connectivity index (χ0) is 13.2. The Balaban J connectivity index is 2.16. The van der Waals surface area contributed by atoms with Gasteiger partial charge in [0, 0.05) is 31.0 Å². The molecule has 5 nitrogen and oxygen atoms in total. The van der Waals surface area contributed by atoms with Crippen molar-refractivity contribution in [2.75, 3.05) is 0 Å². The summed E-state index contributed by atoms with van der Waals surface area (Å²) >= 11 is 0. The minimum absolute atomic E-state index is 0.132. The second-order valence-corrected chi connectivity index (χ2v) is 4.46. The smallest absolute Gasteiger partial charge is 0.0905 e. The quantitative estimate of drug-likeness (QED) is 0.548. The predicted molar refractivity (Wildman–Crippen MR) is 74.1 cm³/mol. The molecule has 0 spiro atoms. The molecule has 0 amide bonds. The number of nitrogens with two attached hydrogens (primary N) is 1. The number of hydrogen-bond acceptors (Lipinski definition) is 4. The predicted octanol–water partition coefficient (Wildman–Crippen LogP) is 1.52. The highest BCUT2D eigenvalue weighted by atomic mass is 15.3. The van der Waals surface area contributed by atoms with E-state index in [1.54, 1.807) is 10.9 Å². The van der Waals surface area contributed by atoms with Gasteiger partial charge in [-0.3, -0.25) is 15.5 Å². The van der Waals surface area contributed by atoms with Gasteiger partial charge in [0.2, 0.25) is 0 Å². The maximum atomic E-state index is 5.72. The number of aryl methyl sites for hydroxylation is 1. The van der Waals surface area contributed by atoms with Crippen LogP contribution in [0.4, 0.5) is 0 Å². The van der Waals surface area contributed by atoms with Crippen LogP contribution in [0.25, 0.3) is 10.8 Å². The van der Waals surface area contributed by atoms with Crippen molar-refractivity contribution in [1.82, 2.24) is 20.2 Å². The molecule has 0 saturated heterocycles. The number of fused-ring (bicyclic) bond motifs is 1. The Hall–Kier alpha value is -2.24. The van der Waals surface area contributed by atoms with Crippen LogP contribution in [-0.4, -0.2) is 14.8 Å². The average molecular weight is 253 g/mol. The number of benzene rings is 1. The van der Waals surface area contributed by atoms with Crippen LogP contribution in [-0.2, 0) is 7.05 Å². The van der Waals surface area contributed by atoms with E-state index in [2.05, 4.69) is 21.6 Å². The van der Waals surface area contributed by atoms with E-state index in [0.717, 1.165) is 22.0 Å². The fourth-order valence-electron chi connectivity index (χ4n) is 2.32. The zero-order valence-corrected chi connectivity index (χ0v) is 10.6. The third-order valence-corrected chi connectivity index (χ3v) is 3.22. The minimum Gasteiger partial charge on any atom is -0.275 e. The summed E-state index contributed by atoms with van der Waals surface area (Å²) in [4.78, 5) is 4.14. The van der Waals surface area contributed by atoms with Crippen molar-refractivity contribution in [3.05, 3.63) is 60.2 Å². The second kappa shape index (κ2) is 4.79. The molecule has 1 atom stereocenters. The van der Waals surface area contributed by atoms with E-state index in [0.29, 0.717) is 0 Å². The van der Waals surface area contributed by atoms with Crippen molar-refractivity contribution < 1.29 is 0 Å². The number of nitrogens with zero attached hydrogens (tertiary/aromatic N) is 3. The Morgan fingerprint density at radius 2 is 2.16 bits per heavy atom. The number of aromatic nitrogens is 3. The molecular formula is C14H15N5. The fraction of sp³-hybridized carbons (Fsp3) is 0.143. The summed E-state index contributed by atoms with van der Waals surface area (Å²) < 4.78 is 1.77. The van der Waals surface area contributed by atoms with Crippen LogP contribution in [0.15, 0.2) is 48.9 Å². The van der Waals surface area contributed by atoms with E-state index in [4.69, 9.17) is 5.84 Å². The van der Waals surface area contributed by atoms with Gasteiger partial charge in [-0.05, 0) is 23.1 Å². The summed E-state index contributed by atoms with van der Waals surface area (Å²) in [6.07, 6.45) is 5.55. The molecule has 19 heavy (non-hydrogen) atoms. The molecule has 5 heteroatoms. The monoisotopic (exact) mass is 253 g/mol. The maximum Gasteiger partial charge on any atom is 0.0905 e. The van der Waals surface area contributed by atoms with Crippen LogP contribution in [0.2, 0.25) is 0 Å². The molecule has 0 aliphatic rings. The van der Waals surface area contributed by atoms with E-state index in [1.807, 2.05) is 43.7 Å². The summed E-state index contributed by atoms with van der Waals surface area (Å²) in [6.45, 7) is 0. The van der Waals surface area contributed by atoms with Gasteiger partial charge >= 0.3 is 0 Å². The number of pyridine rings is 1. The third-order valence-electron chi connectivity index (χ3n) is 3.22. The molecule has 2 heterocycles. The maximum absolute atomic E-state index is 5.72. The van der Waals surface area contributed by atoms with Crippen molar-refractivity contribution in [2.45, 2.75) is 6.04 Å². The number of hydrazine groups is 1. The van der Waals surface area contributed by atoms with Crippen LogP contribution in [0.1, 0.15) is 17.3 Å². The highest BCUT2D eigenvalue weighted by molar-refractivity contribution is 5.85. The Kier molecular flexibility index (Phi) is 2.98. The topological polar surface area (TPSA) is 68.8 Å². The van der Waals surface area contributed by atoms with Gasteiger partial charge < -0.3 is 0 Å². The van der Waals surface area contributed by atoms with Crippen LogP contribution in [0.3, 0.4) is 0 Å². The summed E-state index contributed by atoms with van der Waals surface area (Å²) in [5.41, 5.74) is 4.84. The van der Waals surface area contributed by atoms with Crippen LogP contribution in [0.5, 0.6) is 0 Å². The van der Waals surface area contributed by atoms with E-state index in [9.17, 15) is 0 Å². The third kappa shape index (κ3) is 2.09. The molecule has 1 unspecified atom stereocenters. The van der Waals surface area contributed by atoms with E-state index < -0.39 is 0 Å². The van der Waals surface area contributed by atoms with Crippen molar-refractivity contribution in [3.63, 3.8) is 0 Å². The highest BCUT2D eigenvalue weighted by Gasteiger charge is 2.17. The molecule has 3 aromatic rings. The first-order chi connectivity index (χ1) is 9.29. The molecule has 1 aromatic carbocycles. The molecule has 0 fully saturated rings. The SMILES string of the molecule is Cn1ccc(C(NN)c2cccc3cnccc23)n1. The van der Waals surface area contributed by atoms with Crippen LogP contribution >= 0.6 is 0 Å². The van der Waals surface area contributed by atoms with Crippen LogP contribution < -0.4 is 11.3 Å². The van der Waals surface area contributed by atoms with Crippen molar-refractivity contribution in [1.29, 1.82) is 0 Å². The molecule has 0 radical (unpaired) electrons. The Bertz CT molecular complexity index is 698. The van der Waals surface area contributed by atoms with Gasteiger partial charge in [0.1, 0.15) is 0 Å². The largest absolute Gasteiger partial charge is 0.275 e. The first-order valence-electron chi connectivity index (χ1n) is 6.08. The second-order valence-electron chi connectivity index (χ2n) is 4.46. The Morgan fingerprint density at radius 3 is 2.89 bits per heavy atom. The summed E-state index contributed by atoms with van der Waals surface area (Å²) in [5, 5.41) is 6.65. The number of hydrogen-bond donors (Lipinski definition) is 2. The van der Waals surface area contributed by atoms with E-state index in [-0.39, 0.29) is 6.04 Å². The molecule has 96 valence electrons. The molecule has 0 aliphatic carbocycles. The van der Waals surface area contributed by atoms with Gasteiger partial charge in [-0.15, -0.1) is 0 Å². The first kappa shape index (κ1) is 11.8. The Labute approximate surface area is 111 Å². The lowest BCUT2D eigenvalue weighted by Crippen LogP contribution is -2.29. The van der Waals surface area contributed by atoms with Gasteiger partial charge in [0.25, 0.3) is 0 Å². The van der Waals surface area contributed by atoms with Crippen molar-refractivity contribution in [3.8, 4) is 0 Å². The molecule has 3 rings (SSSR count). The standard InChI is InChI=1S/C14H15N5/c1-19-8-6-13(18-19)14(17-15)12-4-2-3-10-9-16-7-5-11(10)12/h2-9,14,17H,15H2,1H3. The molecule has 0 aliphatic heterocycles. The molecular weight excluding hydrogens is 238 g/mol. The van der Waals surface area contributed by atoms with Crippen molar-refractivity contribution >= 4 is 10.8 Å². The average Bonchev–Trinajstić information content (AvgIpc) is 2.86. The first-order valence-corrected chi connectivity index (χ1v) is 6.08. The molecule has 0 saturated carbocycles. The van der Waals surface area contributed by atoms with Gasteiger partial charge in [0.05, 0.1) is 11.7 Å². The lowest BCUT2D eigenvalue weighted by atomic mass is 9.98. The summed E-state index contributed by atoms with van der Waals surface area (Å²) in [7, 11) is 1.89. The molecule has 2 aromatic heterocycles. The highest BCUT2D eigenvalue weighted by Crippen LogP contribution is 2.27. The number of rotatable bonds is 3. The summed E-state index contributed by atoms with van der Waals surface area (Å²) in [5.74, 6) is 5.72. The van der Waals surface area contributed by atoms with Crippen molar-refractivity contribution in [2.24, 2.45) is 12.9 Å². The van der Waals surface area contributed by atoms with Gasteiger partial charge in [-0.2, -0.15) is 5.10 Å². The normalized spacial score (nSPS) is 12.7. The molecule has 3 N–H and O–H groups in total. The zero-order valence-electron chi connectivity index (χ0n) is 10.6. The van der Waals surface area contributed by atoms with E-state index in [1.165, 1.54) is 0 Å². The fourth-order valence-corrected chi connectivity index (χ4v) is 2.32. The summed E-state index contributed by atoms with van der Waals surface area (Å²) in [6, 6.07) is 9.93. The van der Waals surface area contributed by atoms with Gasteiger partial charge in [0.15, 0.2) is 0 Å². The van der Waals surface area contributed by atoms with Gasteiger partial charge in [-0.1, -0.05) is 18.2 Å². The van der Waals surface area contributed by atoms with Crippen LogP contribution in [0, 0.1) is 0 Å². The lowest BCUT2D eigenvalue weighted by molar-refractivity contribution is 0.607. The molecule has 0 bridgehead atoms. The Morgan fingerprint density at radius 1 is 1.26 bits per heavy atom.